The van der Waals surface area contributed by atoms with E-state index in [0.29, 0.717) is 6.10 Å². The molecule has 1 unspecified atom stereocenters. The topological polar surface area (TPSA) is 14.2 Å². The molecule has 2 rings (SSSR count). The molecule has 2 aromatic rings. The Labute approximate surface area is 90.5 Å². The molecule has 0 radical (unpaired) electrons. The van der Waals surface area contributed by atoms with Crippen molar-refractivity contribution in [1.29, 1.82) is 0 Å². The number of ether oxygens (including phenoxy) is 1. The fraction of sp³-hybridized carbons (Fsp3) is 0.385. The summed E-state index contributed by atoms with van der Waals surface area (Å²) in [4.78, 5) is 0. The molecule has 1 heterocycles. The van der Waals surface area contributed by atoms with Gasteiger partial charge in [0.2, 0.25) is 0 Å². The molecule has 80 valence electrons. The van der Waals surface area contributed by atoms with E-state index in [4.69, 9.17) is 4.74 Å². The normalized spacial score (nSPS) is 13.2. The van der Waals surface area contributed by atoms with Gasteiger partial charge in [0.05, 0.1) is 6.10 Å². The average molecular weight is 203 g/mol. The van der Waals surface area contributed by atoms with E-state index < -0.39 is 0 Å². The van der Waals surface area contributed by atoms with E-state index in [2.05, 4.69) is 48.0 Å². The summed E-state index contributed by atoms with van der Waals surface area (Å²) in [7, 11) is 1.76. The Hall–Kier alpha value is -1.28. The van der Waals surface area contributed by atoms with Crippen LogP contribution in [0.2, 0.25) is 0 Å². The largest absolute Gasteiger partial charge is 0.382 e. The second kappa shape index (κ2) is 4.49. The molecule has 1 aromatic heterocycles. The van der Waals surface area contributed by atoms with Crippen molar-refractivity contribution in [3.8, 4) is 0 Å². The minimum atomic E-state index is 0.325. The average Bonchev–Trinajstić information content (AvgIpc) is 2.69. The van der Waals surface area contributed by atoms with Gasteiger partial charge in [-0.1, -0.05) is 18.2 Å². The molecule has 1 atom stereocenters. The van der Waals surface area contributed by atoms with Crippen molar-refractivity contribution < 1.29 is 4.74 Å². The molecule has 0 saturated heterocycles. The molecule has 0 N–H and O–H groups in total. The van der Waals surface area contributed by atoms with E-state index in [1.54, 1.807) is 7.11 Å². The van der Waals surface area contributed by atoms with Crippen molar-refractivity contribution in [1.82, 2.24) is 4.57 Å². The summed E-state index contributed by atoms with van der Waals surface area (Å²) in [5, 5.41) is 1.31. The maximum Gasteiger partial charge on any atom is 0.0560 e. The maximum absolute atomic E-state index is 5.25. The summed E-state index contributed by atoms with van der Waals surface area (Å²) in [5.41, 5.74) is 1.31. The highest BCUT2D eigenvalue weighted by atomic mass is 16.5. The molecule has 0 spiro atoms. The molecule has 0 saturated carbocycles. The summed E-state index contributed by atoms with van der Waals surface area (Å²) in [6.45, 7) is 3.12. The van der Waals surface area contributed by atoms with E-state index in [-0.39, 0.29) is 0 Å². The minimum absolute atomic E-state index is 0.325. The van der Waals surface area contributed by atoms with Crippen LogP contribution in [0.3, 0.4) is 0 Å². The Morgan fingerprint density at radius 3 is 2.87 bits per heavy atom. The van der Waals surface area contributed by atoms with Crippen molar-refractivity contribution in [3.05, 3.63) is 36.5 Å². The first kappa shape index (κ1) is 10.2. The Morgan fingerprint density at radius 1 is 1.27 bits per heavy atom. The SMILES string of the molecule is COC(C)CCn1ccc2ccccc21. The second-order valence-electron chi connectivity index (χ2n) is 3.90. The Balaban J connectivity index is 2.14. The van der Waals surface area contributed by atoms with E-state index in [1.165, 1.54) is 10.9 Å². The number of nitrogens with zero attached hydrogens (tertiary/aromatic N) is 1. The number of aromatic nitrogens is 1. The van der Waals surface area contributed by atoms with Crippen molar-refractivity contribution >= 4 is 10.9 Å². The lowest BCUT2D eigenvalue weighted by molar-refractivity contribution is 0.107. The van der Waals surface area contributed by atoms with Gasteiger partial charge in [-0.3, -0.25) is 0 Å². The minimum Gasteiger partial charge on any atom is -0.382 e. The summed E-state index contributed by atoms with van der Waals surface area (Å²) >= 11 is 0. The van der Waals surface area contributed by atoms with Crippen LogP contribution in [0.5, 0.6) is 0 Å². The predicted octanol–water partition coefficient (Wildman–Crippen LogP) is 3.07. The molecular weight excluding hydrogens is 186 g/mol. The van der Waals surface area contributed by atoms with Gasteiger partial charge in [0.25, 0.3) is 0 Å². The second-order valence-corrected chi connectivity index (χ2v) is 3.90. The maximum atomic E-state index is 5.25. The fourth-order valence-electron chi connectivity index (χ4n) is 1.77. The summed E-state index contributed by atoms with van der Waals surface area (Å²) < 4.78 is 7.53. The van der Waals surface area contributed by atoms with Gasteiger partial charge < -0.3 is 9.30 Å². The molecule has 0 aliphatic carbocycles. The van der Waals surface area contributed by atoms with Gasteiger partial charge in [-0.05, 0) is 30.9 Å². The molecule has 2 heteroatoms. The van der Waals surface area contributed by atoms with E-state index in [9.17, 15) is 0 Å². The van der Waals surface area contributed by atoms with Crippen molar-refractivity contribution in [2.75, 3.05) is 7.11 Å². The third-order valence-corrected chi connectivity index (χ3v) is 2.86. The van der Waals surface area contributed by atoms with Crippen LogP contribution >= 0.6 is 0 Å². The lowest BCUT2D eigenvalue weighted by Crippen LogP contribution is -2.09. The van der Waals surface area contributed by atoms with Crippen LogP contribution in [0.4, 0.5) is 0 Å². The number of benzene rings is 1. The highest BCUT2D eigenvalue weighted by molar-refractivity contribution is 5.79. The number of rotatable bonds is 4. The highest BCUT2D eigenvalue weighted by Gasteiger charge is 2.02. The van der Waals surface area contributed by atoms with Gasteiger partial charge in [-0.25, -0.2) is 0 Å². The molecule has 0 amide bonds. The monoisotopic (exact) mass is 203 g/mol. The molecule has 1 aromatic carbocycles. The lowest BCUT2D eigenvalue weighted by atomic mass is 10.2. The summed E-state index contributed by atoms with van der Waals surface area (Å²) in [6, 6.07) is 10.6. The lowest BCUT2D eigenvalue weighted by Gasteiger charge is -2.10. The van der Waals surface area contributed by atoms with Crippen LogP contribution in [0, 0.1) is 0 Å². The number of methoxy groups -OCH3 is 1. The standard InChI is InChI=1S/C13H17NO/c1-11(15-2)7-9-14-10-8-12-5-3-4-6-13(12)14/h3-6,8,10-11H,7,9H2,1-2H3. The molecule has 0 bridgehead atoms. The summed E-state index contributed by atoms with van der Waals surface area (Å²) in [5.74, 6) is 0. The van der Waals surface area contributed by atoms with Gasteiger partial charge in [0.15, 0.2) is 0 Å². The quantitative estimate of drug-likeness (QED) is 0.745. The zero-order valence-electron chi connectivity index (χ0n) is 9.31. The Morgan fingerprint density at radius 2 is 2.07 bits per heavy atom. The number of hydrogen-bond acceptors (Lipinski definition) is 1. The van der Waals surface area contributed by atoms with Gasteiger partial charge in [-0.2, -0.15) is 0 Å². The fourth-order valence-corrected chi connectivity index (χ4v) is 1.77. The van der Waals surface area contributed by atoms with Gasteiger partial charge in [0, 0.05) is 25.4 Å². The first-order valence-corrected chi connectivity index (χ1v) is 5.38. The highest BCUT2D eigenvalue weighted by Crippen LogP contribution is 2.15. The third kappa shape index (κ3) is 2.21. The molecule has 0 aliphatic heterocycles. The van der Waals surface area contributed by atoms with Crippen LogP contribution < -0.4 is 0 Å². The van der Waals surface area contributed by atoms with Gasteiger partial charge >= 0.3 is 0 Å². The van der Waals surface area contributed by atoms with Crippen molar-refractivity contribution in [2.45, 2.75) is 26.0 Å². The van der Waals surface area contributed by atoms with E-state index >= 15 is 0 Å². The number of fused-ring (bicyclic) bond motifs is 1. The Kier molecular flexibility index (Phi) is 3.07. The molecule has 15 heavy (non-hydrogen) atoms. The number of para-hydroxylation sites is 1. The van der Waals surface area contributed by atoms with Gasteiger partial charge in [0.1, 0.15) is 0 Å². The van der Waals surface area contributed by atoms with E-state index in [1.807, 2.05) is 0 Å². The zero-order valence-corrected chi connectivity index (χ0v) is 9.31. The third-order valence-electron chi connectivity index (χ3n) is 2.86. The number of aryl methyl sites for hydroxylation is 1. The van der Waals surface area contributed by atoms with Crippen LogP contribution in [0.15, 0.2) is 36.5 Å². The molecule has 0 aliphatic rings. The first-order chi connectivity index (χ1) is 7.31. The van der Waals surface area contributed by atoms with Crippen LogP contribution in [-0.2, 0) is 11.3 Å². The summed E-state index contributed by atoms with van der Waals surface area (Å²) in [6.07, 6.45) is 3.52. The number of hydrogen-bond donors (Lipinski definition) is 0. The van der Waals surface area contributed by atoms with Crippen LogP contribution in [-0.4, -0.2) is 17.8 Å². The van der Waals surface area contributed by atoms with Crippen LogP contribution in [0.25, 0.3) is 10.9 Å². The molecule has 0 fully saturated rings. The molecule has 2 nitrogen and oxygen atoms in total. The zero-order chi connectivity index (χ0) is 10.7. The Bertz CT molecular complexity index is 433. The molecular formula is C13H17NO. The smallest absolute Gasteiger partial charge is 0.0560 e. The van der Waals surface area contributed by atoms with Gasteiger partial charge in [-0.15, -0.1) is 0 Å². The predicted molar refractivity (Wildman–Crippen MR) is 63.0 cm³/mol. The van der Waals surface area contributed by atoms with E-state index in [0.717, 1.165) is 13.0 Å². The first-order valence-electron chi connectivity index (χ1n) is 5.38. The van der Waals surface area contributed by atoms with Crippen LogP contribution in [0.1, 0.15) is 13.3 Å². The van der Waals surface area contributed by atoms with Crippen molar-refractivity contribution in [2.24, 2.45) is 0 Å². The van der Waals surface area contributed by atoms with Crippen molar-refractivity contribution in [3.63, 3.8) is 0 Å².